The minimum Gasteiger partial charge on any atom is -0.246 e. The number of hydrogen-bond acceptors (Lipinski definition) is 4. The zero-order chi connectivity index (χ0) is 12.9. The van der Waals surface area contributed by atoms with E-state index in [2.05, 4.69) is 4.98 Å². The summed E-state index contributed by atoms with van der Waals surface area (Å²) in [6.07, 6.45) is 2.31. The zero-order valence-corrected chi connectivity index (χ0v) is 10.9. The summed E-state index contributed by atoms with van der Waals surface area (Å²) < 4.78 is 23.7. The van der Waals surface area contributed by atoms with Crippen LogP contribution in [0.25, 0.3) is 0 Å². The smallest absolute Gasteiger partial charge is 0.154 e. The van der Waals surface area contributed by atoms with E-state index in [0.29, 0.717) is 5.56 Å². The Morgan fingerprint density at radius 2 is 2.24 bits per heavy atom. The van der Waals surface area contributed by atoms with Crippen LogP contribution in [0.4, 0.5) is 0 Å². The van der Waals surface area contributed by atoms with Crippen LogP contribution in [-0.2, 0) is 15.6 Å². The van der Waals surface area contributed by atoms with Gasteiger partial charge >= 0.3 is 0 Å². The molecule has 1 aromatic heterocycles. The highest BCUT2D eigenvalue weighted by atomic mass is 32.2. The average Bonchev–Trinajstić information content (AvgIpc) is 2.27. The minimum atomic E-state index is -3.11. The van der Waals surface area contributed by atoms with E-state index < -0.39 is 9.84 Å². The number of pyridine rings is 1. The maximum atomic E-state index is 11.9. The van der Waals surface area contributed by atoms with E-state index in [-0.39, 0.29) is 23.1 Å². The first-order valence-corrected chi connectivity index (χ1v) is 7.34. The van der Waals surface area contributed by atoms with Gasteiger partial charge < -0.3 is 0 Å². The molecule has 0 saturated heterocycles. The molecule has 1 aromatic rings. The summed E-state index contributed by atoms with van der Waals surface area (Å²) in [5, 5.41) is 8.68. The van der Waals surface area contributed by atoms with Crippen molar-refractivity contribution in [1.29, 1.82) is 5.26 Å². The summed E-state index contributed by atoms with van der Waals surface area (Å²) in [7, 11) is -3.11. The van der Waals surface area contributed by atoms with Crippen molar-refractivity contribution >= 4 is 9.84 Å². The van der Waals surface area contributed by atoms with E-state index in [1.165, 1.54) is 12.3 Å². The average molecular weight is 252 g/mol. The molecule has 5 heteroatoms. The molecule has 0 aliphatic heterocycles. The normalized spacial score (nSPS) is 13.0. The lowest BCUT2D eigenvalue weighted by atomic mass is 10.2. The molecule has 4 nitrogen and oxygen atoms in total. The molecule has 0 amide bonds. The first-order valence-electron chi connectivity index (χ1n) is 5.52. The molecule has 0 fully saturated rings. The van der Waals surface area contributed by atoms with Gasteiger partial charge in [-0.05, 0) is 23.6 Å². The first kappa shape index (κ1) is 13.7. The minimum absolute atomic E-state index is 0.0193. The quantitative estimate of drug-likeness (QED) is 0.802. The van der Waals surface area contributed by atoms with Gasteiger partial charge in [0.15, 0.2) is 9.84 Å². The number of sulfone groups is 1. The molecular formula is C12H16N2O2S. The number of nitrogens with zero attached hydrogens (tertiary/aromatic N) is 2. The number of aromatic nitrogens is 1. The fourth-order valence-corrected chi connectivity index (χ4v) is 3.40. The van der Waals surface area contributed by atoms with Crippen LogP contribution in [0.2, 0.25) is 0 Å². The SMILES string of the molecule is CCC(C)CS(=O)(=O)Cc1ccnc(C#N)c1. The summed E-state index contributed by atoms with van der Waals surface area (Å²) >= 11 is 0. The molecule has 0 bridgehead atoms. The molecule has 1 atom stereocenters. The molecule has 92 valence electrons. The topological polar surface area (TPSA) is 70.8 Å². The molecule has 1 unspecified atom stereocenters. The monoisotopic (exact) mass is 252 g/mol. The van der Waals surface area contributed by atoms with Crippen molar-refractivity contribution < 1.29 is 8.42 Å². The Morgan fingerprint density at radius 1 is 1.53 bits per heavy atom. The predicted molar refractivity (Wildman–Crippen MR) is 65.9 cm³/mol. The summed E-state index contributed by atoms with van der Waals surface area (Å²) in [6.45, 7) is 3.89. The van der Waals surface area contributed by atoms with Gasteiger partial charge in [-0.2, -0.15) is 5.26 Å². The third-order valence-electron chi connectivity index (χ3n) is 2.56. The fourth-order valence-electron chi connectivity index (χ4n) is 1.49. The van der Waals surface area contributed by atoms with Crippen LogP contribution in [0.1, 0.15) is 31.5 Å². The Balaban J connectivity index is 2.80. The second kappa shape index (κ2) is 5.78. The van der Waals surface area contributed by atoms with Crippen molar-refractivity contribution in [3.8, 4) is 6.07 Å². The summed E-state index contributed by atoms with van der Waals surface area (Å²) in [5.74, 6) is 0.333. The van der Waals surface area contributed by atoms with Crippen LogP contribution in [0, 0.1) is 17.2 Å². The van der Waals surface area contributed by atoms with Gasteiger partial charge in [0.25, 0.3) is 0 Å². The molecule has 0 saturated carbocycles. The highest BCUT2D eigenvalue weighted by Crippen LogP contribution is 2.12. The van der Waals surface area contributed by atoms with Crippen molar-refractivity contribution in [2.45, 2.75) is 26.0 Å². The predicted octanol–water partition coefficient (Wildman–Crippen LogP) is 1.91. The molecule has 0 aliphatic rings. The summed E-state index contributed by atoms with van der Waals surface area (Å²) in [5.41, 5.74) is 0.876. The van der Waals surface area contributed by atoms with Gasteiger partial charge in [0.05, 0.1) is 11.5 Å². The molecule has 0 aliphatic carbocycles. The van der Waals surface area contributed by atoms with Crippen molar-refractivity contribution in [3.05, 3.63) is 29.6 Å². The standard InChI is InChI=1S/C12H16N2O2S/c1-3-10(2)8-17(15,16)9-11-4-5-14-12(6-11)7-13/h4-6,10H,3,8-9H2,1-2H3. The lowest BCUT2D eigenvalue weighted by Crippen LogP contribution is -2.15. The Hall–Kier alpha value is -1.41. The van der Waals surface area contributed by atoms with Crippen LogP contribution in [-0.4, -0.2) is 19.2 Å². The molecule has 0 radical (unpaired) electrons. The van der Waals surface area contributed by atoms with E-state index in [1.54, 1.807) is 6.07 Å². The molecule has 1 rings (SSSR count). The van der Waals surface area contributed by atoms with Gasteiger partial charge in [-0.15, -0.1) is 0 Å². The van der Waals surface area contributed by atoms with Crippen molar-refractivity contribution in [2.24, 2.45) is 5.92 Å². The Labute approximate surface area is 102 Å². The second-order valence-electron chi connectivity index (χ2n) is 4.23. The molecular weight excluding hydrogens is 236 g/mol. The number of rotatable bonds is 5. The van der Waals surface area contributed by atoms with Gasteiger partial charge in [-0.1, -0.05) is 20.3 Å². The summed E-state index contributed by atoms with van der Waals surface area (Å²) in [6, 6.07) is 5.06. The van der Waals surface area contributed by atoms with E-state index >= 15 is 0 Å². The van der Waals surface area contributed by atoms with Crippen molar-refractivity contribution in [3.63, 3.8) is 0 Å². The van der Waals surface area contributed by atoms with E-state index in [0.717, 1.165) is 6.42 Å². The molecule has 1 heterocycles. The maximum absolute atomic E-state index is 11.9. The lowest BCUT2D eigenvalue weighted by molar-refractivity contribution is 0.563. The van der Waals surface area contributed by atoms with Crippen LogP contribution >= 0.6 is 0 Å². The van der Waals surface area contributed by atoms with Gasteiger partial charge in [-0.25, -0.2) is 13.4 Å². The largest absolute Gasteiger partial charge is 0.246 e. The molecule has 0 N–H and O–H groups in total. The highest BCUT2D eigenvalue weighted by molar-refractivity contribution is 7.90. The Morgan fingerprint density at radius 3 is 2.82 bits per heavy atom. The first-order chi connectivity index (χ1) is 7.96. The van der Waals surface area contributed by atoms with Gasteiger partial charge in [-0.3, -0.25) is 0 Å². The van der Waals surface area contributed by atoms with Gasteiger partial charge in [0.2, 0.25) is 0 Å². The van der Waals surface area contributed by atoms with Crippen molar-refractivity contribution in [2.75, 3.05) is 5.75 Å². The van der Waals surface area contributed by atoms with Crippen LogP contribution < -0.4 is 0 Å². The van der Waals surface area contributed by atoms with Crippen LogP contribution in [0.5, 0.6) is 0 Å². The number of hydrogen-bond donors (Lipinski definition) is 0. The Kier molecular flexibility index (Phi) is 4.64. The third-order valence-corrected chi connectivity index (χ3v) is 4.41. The Bertz CT molecular complexity index is 518. The molecule has 17 heavy (non-hydrogen) atoms. The van der Waals surface area contributed by atoms with Gasteiger partial charge in [0.1, 0.15) is 11.8 Å². The maximum Gasteiger partial charge on any atom is 0.154 e. The van der Waals surface area contributed by atoms with E-state index in [4.69, 9.17) is 5.26 Å². The van der Waals surface area contributed by atoms with Crippen LogP contribution in [0.15, 0.2) is 18.3 Å². The second-order valence-corrected chi connectivity index (χ2v) is 6.34. The zero-order valence-electron chi connectivity index (χ0n) is 10.0. The van der Waals surface area contributed by atoms with Crippen molar-refractivity contribution in [1.82, 2.24) is 4.98 Å². The lowest BCUT2D eigenvalue weighted by Gasteiger charge is -2.09. The third kappa shape index (κ3) is 4.53. The molecule has 0 aromatic carbocycles. The number of nitriles is 1. The van der Waals surface area contributed by atoms with Gasteiger partial charge in [0, 0.05) is 6.20 Å². The van der Waals surface area contributed by atoms with E-state index in [9.17, 15) is 8.42 Å². The van der Waals surface area contributed by atoms with Crippen LogP contribution in [0.3, 0.4) is 0 Å². The summed E-state index contributed by atoms with van der Waals surface area (Å²) in [4.78, 5) is 3.81. The fraction of sp³-hybridized carbons (Fsp3) is 0.500. The van der Waals surface area contributed by atoms with E-state index in [1.807, 2.05) is 19.9 Å². The molecule has 0 spiro atoms. The highest BCUT2D eigenvalue weighted by Gasteiger charge is 2.15.